The molecule has 0 aliphatic heterocycles. The molecule has 0 unspecified atom stereocenters. The number of carbonyl (C=O) groups excluding carboxylic acids is 2. The second kappa shape index (κ2) is 12.3. The molecule has 0 aliphatic carbocycles. The molecule has 0 saturated heterocycles. The second-order valence-electron chi connectivity index (χ2n) is 8.69. The van der Waals surface area contributed by atoms with Gasteiger partial charge in [-0.15, -0.1) is 0 Å². The predicted octanol–water partition coefficient (Wildman–Crippen LogP) is 6.07. The Kier molecular flexibility index (Phi) is 8.91. The number of nitrogens with zero attached hydrogens (tertiary/aromatic N) is 1. The van der Waals surface area contributed by atoms with Crippen molar-refractivity contribution in [1.29, 1.82) is 0 Å². The van der Waals surface area contributed by atoms with Gasteiger partial charge in [-0.1, -0.05) is 83.4 Å². The molecular weight excluding hydrogens is 557 g/mol. The summed E-state index contributed by atoms with van der Waals surface area (Å²) in [6.45, 7) is 1.57. The normalized spacial score (nSPS) is 11.1. The van der Waals surface area contributed by atoms with Crippen molar-refractivity contribution in [3.05, 3.63) is 124 Å². The topological polar surface area (TPSA) is 95.6 Å². The zero-order valence-corrected chi connectivity index (χ0v) is 23.2. The maximum atomic E-state index is 13.6. The fourth-order valence-corrected chi connectivity index (χ4v) is 5.48. The van der Waals surface area contributed by atoms with Crippen molar-refractivity contribution in [3.63, 3.8) is 0 Å². The van der Waals surface area contributed by atoms with Gasteiger partial charge in [-0.2, -0.15) is 0 Å². The van der Waals surface area contributed by atoms with Gasteiger partial charge in [0.05, 0.1) is 31.9 Å². The molecule has 0 radical (unpaired) electrons. The summed E-state index contributed by atoms with van der Waals surface area (Å²) in [6, 6.07) is 26.5. The van der Waals surface area contributed by atoms with Gasteiger partial charge in [0.25, 0.3) is 15.9 Å². The van der Waals surface area contributed by atoms with Gasteiger partial charge in [0, 0.05) is 6.54 Å². The number of benzene rings is 4. The Morgan fingerprint density at radius 3 is 2.18 bits per heavy atom. The van der Waals surface area contributed by atoms with Crippen LogP contribution < -0.4 is 14.9 Å². The van der Waals surface area contributed by atoms with Crippen molar-refractivity contribution in [1.82, 2.24) is 5.32 Å². The summed E-state index contributed by atoms with van der Waals surface area (Å²) >= 11 is 12.2. The van der Waals surface area contributed by atoms with Gasteiger partial charge in [-0.25, -0.2) is 8.42 Å². The van der Waals surface area contributed by atoms with E-state index in [-0.39, 0.29) is 37.8 Å². The largest absolute Gasteiger partial charge is 0.348 e. The number of rotatable bonds is 9. The monoisotopic (exact) mass is 581 g/mol. The molecule has 0 fully saturated rings. The number of hydrogen-bond acceptors (Lipinski definition) is 4. The number of hydrogen-bond donors (Lipinski definition) is 2. The van der Waals surface area contributed by atoms with E-state index in [4.69, 9.17) is 23.2 Å². The Morgan fingerprint density at radius 2 is 1.49 bits per heavy atom. The van der Waals surface area contributed by atoms with E-state index < -0.39 is 22.5 Å². The lowest BCUT2D eigenvalue weighted by molar-refractivity contribution is -0.114. The molecule has 2 N–H and O–H groups in total. The van der Waals surface area contributed by atoms with Crippen LogP contribution in [0.15, 0.2) is 102 Å². The van der Waals surface area contributed by atoms with E-state index in [1.807, 2.05) is 37.3 Å². The van der Waals surface area contributed by atoms with E-state index >= 15 is 0 Å². The molecule has 4 aromatic rings. The minimum atomic E-state index is -4.16. The minimum Gasteiger partial charge on any atom is -0.348 e. The third-order valence-electron chi connectivity index (χ3n) is 5.83. The zero-order chi connectivity index (χ0) is 28.0. The fourth-order valence-electron chi connectivity index (χ4n) is 3.78. The van der Waals surface area contributed by atoms with Crippen LogP contribution in [0.4, 0.5) is 11.4 Å². The quantitative estimate of drug-likeness (QED) is 0.251. The van der Waals surface area contributed by atoms with Crippen molar-refractivity contribution >= 4 is 56.4 Å². The number of anilines is 2. The summed E-state index contributed by atoms with van der Waals surface area (Å²) in [5.74, 6) is -1.04. The first-order valence-corrected chi connectivity index (χ1v) is 14.1. The summed E-state index contributed by atoms with van der Waals surface area (Å²) in [6.07, 6.45) is 0. The first-order valence-electron chi connectivity index (χ1n) is 11.9. The summed E-state index contributed by atoms with van der Waals surface area (Å²) < 4.78 is 28.2. The Balaban J connectivity index is 1.58. The Bertz CT molecular complexity index is 1590. The molecule has 200 valence electrons. The van der Waals surface area contributed by atoms with Gasteiger partial charge in [-0.3, -0.25) is 13.9 Å². The number of amides is 2. The maximum absolute atomic E-state index is 13.6. The molecule has 0 spiro atoms. The van der Waals surface area contributed by atoms with Crippen molar-refractivity contribution in [2.75, 3.05) is 16.2 Å². The number of sulfonamides is 1. The summed E-state index contributed by atoms with van der Waals surface area (Å²) in [5, 5.41) is 5.90. The van der Waals surface area contributed by atoms with Crippen LogP contribution in [-0.4, -0.2) is 26.8 Å². The van der Waals surface area contributed by atoms with E-state index in [0.29, 0.717) is 6.54 Å². The average molecular weight is 583 g/mol. The highest BCUT2D eigenvalue weighted by atomic mass is 35.5. The van der Waals surface area contributed by atoms with Crippen LogP contribution in [0.25, 0.3) is 0 Å². The molecule has 4 aromatic carbocycles. The minimum absolute atomic E-state index is 0.00709. The fraction of sp³-hybridized carbons (Fsp3) is 0.103. The molecule has 0 bridgehead atoms. The number of halogens is 2. The molecule has 0 heterocycles. The summed E-state index contributed by atoms with van der Waals surface area (Å²) in [7, 11) is -4.16. The maximum Gasteiger partial charge on any atom is 0.264 e. The second-order valence-corrected chi connectivity index (χ2v) is 11.4. The number of carbonyl (C=O) groups is 2. The third kappa shape index (κ3) is 6.97. The van der Waals surface area contributed by atoms with E-state index in [1.165, 1.54) is 30.3 Å². The molecule has 0 aliphatic rings. The standard InChI is InChI=1S/C29H25Cl2N3O4S/c1-20-11-14-23(15-12-20)39(37,38)34(22-13-16-25(30)26(31)17-22)19-28(35)33-27-10-6-5-9-24(27)29(36)32-18-21-7-3-2-4-8-21/h2-17H,18-19H2,1H3,(H,32,36)(H,33,35). The first kappa shape index (κ1) is 28.2. The van der Waals surface area contributed by atoms with Gasteiger partial charge < -0.3 is 10.6 Å². The van der Waals surface area contributed by atoms with E-state index in [1.54, 1.807) is 36.4 Å². The van der Waals surface area contributed by atoms with Crippen molar-refractivity contribution in [2.24, 2.45) is 0 Å². The van der Waals surface area contributed by atoms with Gasteiger partial charge in [-0.05, 0) is 55.0 Å². The molecule has 0 aromatic heterocycles. The predicted molar refractivity (Wildman–Crippen MR) is 155 cm³/mol. The molecule has 4 rings (SSSR count). The SMILES string of the molecule is Cc1ccc(S(=O)(=O)N(CC(=O)Nc2ccccc2C(=O)NCc2ccccc2)c2ccc(Cl)c(Cl)c2)cc1. The average Bonchev–Trinajstić information content (AvgIpc) is 2.93. The van der Waals surface area contributed by atoms with E-state index in [0.717, 1.165) is 15.4 Å². The molecule has 10 heteroatoms. The molecule has 0 saturated carbocycles. The van der Waals surface area contributed by atoms with Crippen LogP contribution in [0.3, 0.4) is 0 Å². The smallest absolute Gasteiger partial charge is 0.264 e. The molecular formula is C29H25Cl2N3O4S. The Hall–Kier alpha value is -3.85. The number of para-hydroxylation sites is 1. The lowest BCUT2D eigenvalue weighted by Crippen LogP contribution is -2.38. The van der Waals surface area contributed by atoms with Crippen LogP contribution in [-0.2, 0) is 21.4 Å². The van der Waals surface area contributed by atoms with Crippen molar-refractivity contribution < 1.29 is 18.0 Å². The molecule has 2 amide bonds. The van der Waals surface area contributed by atoms with Gasteiger partial charge in [0.1, 0.15) is 6.54 Å². The summed E-state index contributed by atoms with van der Waals surface area (Å²) in [5.41, 5.74) is 2.45. The van der Waals surface area contributed by atoms with E-state index in [9.17, 15) is 18.0 Å². The van der Waals surface area contributed by atoms with Gasteiger partial charge in [0.2, 0.25) is 5.91 Å². The Morgan fingerprint density at radius 1 is 0.821 bits per heavy atom. The van der Waals surface area contributed by atoms with Gasteiger partial charge in [0.15, 0.2) is 0 Å². The van der Waals surface area contributed by atoms with Crippen LogP contribution >= 0.6 is 23.2 Å². The third-order valence-corrected chi connectivity index (χ3v) is 8.36. The molecule has 39 heavy (non-hydrogen) atoms. The van der Waals surface area contributed by atoms with Crippen molar-refractivity contribution in [3.8, 4) is 0 Å². The van der Waals surface area contributed by atoms with Crippen LogP contribution in [0.5, 0.6) is 0 Å². The highest BCUT2D eigenvalue weighted by molar-refractivity contribution is 7.92. The highest BCUT2D eigenvalue weighted by Crippen LogP contribution is 2.30. The zero-order valence-electron chi connectivity index (χ0n) is 20.9. The van der Waals surface area contributed by atoms with Crippen LogP contribution in [0.2, 0.25) is 10.0 Å². The Labute approximate surface area is 237 Å². The lowest BCUT2D eigenvalue weighted by Gasteiger charge is -2.25. The van der Waals surface area contributed by atoms with Gasteiger partial charge >= 0.3 is 0 Å². The highest BCUT2D eigenvalue weighted by Gasteiger charge is 2.28. The van der Waals surface area contributed by atoms with Crippen LogP contribution in [0, 0.1) is 6.92 Å². The van der Waals surface area contributed by atoms with Crippen molar-refractivity contribution in [2.45, 2.75) is 18.4 Å². The first-order chi connectivity index (χ1) is 18.6. The molecule has 7 nitrogen and oxygen atoms in total. The number of aryl methyl sites for hydroxylation is 1. The summed E-state index contributed by atoms with van der Waals surface area (Å²) in [4.78, 5) is 26.1. The van der Waals surface area contributed by atoms with E-state index in [2.05, 4.69) is 10.6 Å². The lowest BCUT2D eigenvalue weighted by atomic mass is 10.1. The number of nitrogens with one attached hydrogen (secondary N) is 2. The van der Waals surface area contributed by atoms with Crippen LogP contribution in [0.1, 0.15) is 21.5 Å². The molecule has 0 atom stereocenters.